The average molecular weight is 329 g/mol. The van der Waals surface area contributed by atoms with Crippen LogP contribution in [-0.4, -0.2) is 38.8 Å². The second-order valence-corrected chi connectivity index (χ2v) is 6.59. The van der Waals surface area contributed by atoms with Crippen LogP contribution in [0.3, 0.4) is 0 Å². The molecule has 0 amide bonds. The highest BCUT2D eigenvalue weighted by molar-refractivity contribution is 5.94. The van der Waals surface area contributed by atoms with E-state index in [4.69, 9.17) is 15.2 Å². The van der Waals surface area contributed by atoms with E-state index in [9.17, 15) is 0 Å². The molecule has 0 bridgehead atoms. The second-order valence-electron chi connectivity index (χ2n) is 6.59. The third-order valence-corrected chi connectivity index (χ3v) is 5.28. The first kappa shape index (κ1) is 16.8. The summed E-state index contributed by atoms with van der Waals surface area (Å²) in [6, 6.07) is 6.08. The zero-order chi connectivity index (χ0) is 17.1. The SMILES string of the molecule is COc1cc2nccc(N3CCC([C@H](C)CN)CC3)c2cc1OC. The zero-order valence-corrected chi connectivity index (χ0v) is 14.8. The summed E-state index contributed by atoms with van der Waals surface area (Å²) in [7, 11) is 3.32. The number of fused-ring (bicyclic) bond motifs is 1. The maximum Gasteiger partial charge on any atom is 0.162 e. The summed E-state index contributed by atoms with van der Waals surface area (Å²) >= 11 is 0. The molecule has 1 aliphatic rings. The largest absolute Gasteiger partial charge is 0.493 e. The third kappa shape index (κ3) is 3.13. The molecule has 0 radical (unpaired) electrons. The minimum absolute atomic E-state index is 0.602. The molecule has 1 aliphatic heterocycles. The van der Waals surface area contributed by atoms with Crippen LogP contribution in [0.2, 0.25) is 0 Å². The Kier molecular flexibility index (Phi) is 5.09. The molecule has 3 rings (SSSR count). The van der Waals surface area contributed by atoms with Gasteiger partial charge in [-0.2, -0.15) is 0 Å². The molecule has 1 atom stereocenters. The second kappa shape index (κ2) is 7.26. The molecule has 1 aromatic heterocycles. The monoisotopic (exact) mass is 329 g/mol. The van der Waals surface area contributed by atoms with Crippen molar-refractivity contribution in [1.29, 1.82) is 0 Å². The maximum absolute atomic E-state index is 5.83. The number of nitrogens with two attached hydrogens (primary N) is 1. The van der Waals surface area contributed by atoms with Crippen LogP contribution in [0.15, 0.2) is 24.4 Å². The Balaban J connectivity index is 1.90. The minimum Gasteiger partial charge on any atom is -0.493 e. The van der Waals surface area contributed by atoms with Gasteiger partial charge in [-0.25, -0.2) is 0 Å². The van der Waals surface area contributed by atoms with Crippen LogP contribution < -0.4 is 20.1 Å². The number of nitrogens with zero attached hydrogens (tertiary/aromatic N) is 2. The summed E-state index contributed by atoms with van der Waals surface area (Å²) in [5.74, 6) is 2.79. The molecule has 0 spiro atoms. The molecule has 5 nitrogen and oxygen atoms in total. The number of benzene rings is 1. The van der Waals surface area contributed by atoms with Crippen LogP contribution in [0, 0.1) is 11.8 Å². The maximum atomic E-state index is 5.83. The predicted molar refractivity (Wildman–Crippen MR) is 98.0 cm³/mol. The molecule has 24 heavy (non-hydrogen) atoms. The summed E-state index contributed by atoms with van der Waals surface area (Å²) in [6.45, 7) is 5.16. The smallest absolute Gasteiger partial charge is 0.162 e. The van der Waals surface area contributed by atoms with E-state index < -0.39 is 0 Å². The fraction of sp³-hybridized carbons (Fsp3) is 0.526. The molecule has 2 aromatic rings. The molecule has 1 aromatic carbocycles. The molecular weight excluding hydrogens is 302 g/mol. The number of hydrogen-bond acceptors (Lipinski definition) is 5. The molecule has 5 heteroatoms. The fourth-order valence-electron chi connectivity index (χ4n) is 3.64. The van der Waals surface area contributed by atoms with E-state index in [-0.39, 0.29) is 0 Å². The fourth-order valence-corrected chi connectivity index (χ4v) is 3.64. The first-order valence-corrected chi connectivity index (χ1v) is 8.63. The molecule has 0 unspecified atom stereocenters. The molecule has 2 N–H and O–H groups in total. The van der Waals surface area contributed by atoms with Crippen molar-refractivity contribution in [3.05, 3.63) is 24.4 Å². The van der Waals surface area contributed by atoms with E-state index >= 15 is 0 Å². The van der Waals surface area contributed by atoms with Crippen molar-refractivity contribution >= 4 is 16.6 Å². The average Bonchev–Trinajstić information content (AvgIpc) is 2.65. The zero-order valence-electron chi connectivity index (χ0n) is 14.8. The van der Waals surface area contributed by atoms with E-state index in [0.29, 0.717) is 11.7 Å². The highest BCUT2D eigenvalue weighted by Crippen LogP contribution is 2.37. The van der Waals surface area contributed by atoms with Crippen molar-refractivity contribution in [2.24, 2.45) is 17.6 Å². The van der Waals surface area contributed by atoms with Gasteiger partial charge in [0.25, 0.3) is 0 Å². The highest BCUT2D eigenvalue weighted by atomic mass is 16.5. The Morgan fingerprint density at radius 3 is 2.50 bits per heavy atom. The Bertz CT molecular complexity index is 696. The number of ether oxygens (including phenoxy) is 2. The van der Waals surface area contributed by atoms with Crippen LogP contribution in [0.4, 0.5) is 5.69 Å². The molecule has 0 saturated carbocycles. The first-order chi connectivity index (χ1) is 11.7. The lowest BCUT2D eigenvalue weighted by Gasteiger charge is -2.36. The Hall–Kier alpha value is -2.01. The Labute approximate surface area is 143 Å². The molecular formula is C19H27N3O2. The van der Waals surface area contributed by atoms with Gasteiger partial charge in [0.1, 0.15) is 0 Å². The van der Waals surface area contributed by atoms with Gasteiger partial charge in [-0.05, 0) is 43.4 Å². The Morgan fingerprint density at radius 2 is 1.88 bits per heavy atom. The van der Waals surface area contributed by atoms with Crippen molar-refractivity contribution in [3.63, 3.8) is 0 Å². The quantitative estimate of drug-likeness (QED) is 0.913. The predicted octanol–water partition coefficient (Wildman–Crippen LogP) is 3.06. The van der Waals surface area contributed by atoms with Gasteiger partial charge in [0, 0.05) is 36.4 Å². The number of methoxy groups -OCH3 is 2. The number of anilines is 1. The lowest BCUT2D eigenvalue weighted by atomic mass is 9.85. The van der Waals surface area contributed by atoms with Gasteiger partial charge in [-0.15, -0.1) is 0 Å². The molecule has 2 heterocycles. The van der Waals surface area contributed by atoms with Crippen molar-refractivity contribution in [1.82, 2.24) is 4.98 Å². The number of pyridine rings is 1. The summed E-state index contributed by atoms with van der Waals surface area (Å²) < 4.78 is 10.9. The normalized spacial score (nSPS) is 17.1. The Morgan fingerprint density at radius 1 is 1.21 bits per heavy atom. The van der Waals surface area contributed by atoms with E-state index in [1.165, 1.54) is 18.5 Å². The van der Waals surface area contributed by atoms with Gasteiger partial charge < -0.3 is 20.1 Å². The van der Waals surface area contributed by atoms with Crippen molar-refractivity contribution in [3.8, 4) is 11.5 Å². The molecule has 1 saturated heterocycles. The van der Waals surface area contributed by atoms with Crippen LogP contribution in [0.25, 0.3) is 10.9 Å². The molecule has 1 fully saturated rings. The van der Waals surface area contributed by atoms with Gasteiger partial charge in [0.05, 0.1) is 19.7 Å². The van der Waals surface area contributed by atoms with Crippen molar-refractivity contribution in [2.45, 2.75) is 19.8 Å². The van der Waals surface area contributed by atoms with Gasteiger partial charge >= 0.3 is 0 Å². The van der Waals surface area contributed by atoms with Crippen LogP contribution in [0.5, 0.6) is 11.5 Å². The van der Waals surface area contributed by atoms with Gasteiger partial charge in [0.15, 0.2) is 11.5 Å². The minimum atomic E-state index is 0.602. The van der Waals surface area contributed by atoms with E-state index in [2.05, 4.69) is 22.9 Å². The van der Waals surface area contributed by atoms with E-state index in [0.717, 1.165) is 42.2 Å². The standard InChI is InChI=1S/C19H27N3O2/c1-13(12-20)14-5-8-22(9-6-14)17-4-7-21-16-11-19(24-3)18(23-2)10-15(16)17/h4,7,10-11,13-14H,5-6,8-9,12,20H2,1-3H3/t13-/m1/s1. The van der Waals surface area contributed by atoms with Gasteiger partial charge in [0.2, 0.25) is 0 Å². The number of rotatable bonds is 5. The lowest BCUT2D eigenvalue weighted by Crippen LogP contribution is -2.37. The number of hydrogen-bond donors (Lipinski definition) is 1. The van der Waals surface area contributed by atoms with Crippen molar-refractivity contribution in [2.75, 3.05) is 38.8 Å². The lowest BCUT2D eigenvalue weighted by molar-refractivity contribution is 0.299. The summed E-state index contributed by atoms with van der Waals surface area (Å²) in [6.07, 6.45) is 4.25. The van der Waals surface area contributed by atoms with E-state index in [1.54, 1.807) is 14.2 Å². The van der Waals surface area contributed by atoms with Crippen molar-refractivity contribution < 1.29 is 9.47 Å². The van der Waals surface area contributed by atoms with Crippen LogP contribution in [0.1, 0.15) is 19.8 Å². The number of piperidine rings is 1. The number of aromatic nitrogens is 1. The molecule has 130 valence electrons. The highest BCUT2D eigenvalue weighted by Gasteiger charge is 2.24. The van der Waals surface area contributed by atoms with Crippen LogP contribution >= 0.6 is 0 Å². The van der Waals surface area contributed by atoms with E-state index in [1.807, 2.05) is 18.3 Å². The van der Waals surface area contributed by atoms with Crippen LogP contribution in [-0.2, 0) is 0 Å². The summed E-state index contributed by atoms with van der Waals surface area (Å²) in [5.41, 5.74) is 7.99. The third-order valence-electron chi connectivity index (χ3n) is 5.28. The first-order valence-electron chi connectivity index (χ1n) is 8.63. The molecule has 0 aliphatic carbocycles. The summed E-state index contributed by atoms with van der Waals surface area (Å²) in [4.78, 5) is 6.95. The summed E-state index contributed by atoms with van der Waals surface area (Å²) in [5, 5.41) is 1.11. The topological polar surface area (TPSA) is 60.6 Å². The van der Waals surface area contributed by atoms with Gasteiger partial charge in [-0.3, -0.25) is 4.98 Å². The van der Waals surface area contributed by atoms with Gasteiger partial charge in [-0.1, -0.05) is 6.92 Å².